The normalized spacial score (nSPS) is 12.0. The number of hydrogen-bond donors (Lipinski definition) is 2. The van der Waals surface area contributed by atoms with Crippen molar-refractivity contribution >= 4 is 39.6 Å². The highest BCUT2D eigenvalue weighted by Gasteiger charge is 2.24. The molecule has 0 bridgehead atoms. The van der Waals surface area contributed by atoms with Crippen LogP contribution >= 0.6 is 0 Å². The number of hydrogen-bond acceptors (Lipinski definition) is 4. The number of ketones is 1. The number of carboxylic acid groups (broad SMARTS) is 1. The number of aliphatic carboxylic acids is 1. The van der Waals surface area contributed by atoms with Crippen molar-refractivity contribution < 1.29 is 23.9 Å². The van der Waals surface area contributed by atoms with Gasteiger partial charge in [0.1, 0.15) is 17.2 Å². The monoisotopic (exact) mass is 415 g/mol. The predicted molar refractivity (Wildman–Crippen MR) is 117 cm³/mol. The topological polar surface area (TPSA) is 96.6 Å². The van der Waals surface area contributed by atoms with E-state index in [2.05, 4.69) is 5.32 Å². The van der Waals surface area contributed by atoms with E-state index in [1.54, 1.807) is 18.2 Å². The molecule has 0 saturated heterocycles. The Morgan fingerprint density at radius 2 is 1.58 bits per heavy atom. The molecule has 0 aliphatic carbocycles. The second-order valence-electron chi connectivity index (χ2n) is 7.38. The minimum Gasteiger partial charge on any atom is -0.480 e. The van der Waals surface area contributed by atoms with E-state index in [-0.39, 0.29) is 18.6 Å². The molecule has 1 aromatic heterocycles. The Morgan fingerprint density at radius 3 is 2.35 bits per heavy atom. The van der Waals surface area contributed by atoms with Crippen molar-refractivity contribution in [3.63, 3.8) is 0 Å². The molecule has 1 amide bonds. The number of furan rings is 1. The number of para-hydroxylation sites is 1. The molecular weight excluding hydrogens is 394 g/mol. The third-order valence-corrected chi connectivity index (χ3v) is 5.21. The second kappa shape index (κ2) is 8.83. The third-order valence-electron chi connectivity index (χ3n) is 5.21. The van der Waals surface area contributed by atoms with E-state index in [1.807, 2.05) is 54.6 Å². The molecule has 2 N–H and O–H groups in total. The van der Waals surface area contributed by atoms with Gasteiger partial charge in [-0.2, -0.15) is 0 Å². The third kappa shape index (κ3) is 4.64. The van der Waals surface area contributed by atoms with Crippen molar-refractivity contribution in [3.05, 3.63) is 83.9 Å². The van der Waals surface area contributed by atoms with Crippen LogP contribution in [-0.2, 0) is 16.0 Å². The zero-order chi connectivity index (χ0) is 21.8. The first-order valence-electron chi connectivity index (χ1n) is 10.0. The molecule has 4 aromatic rings. The first kappa shape index (κ1) is 20.3. The fourth-order valence-corrected chi connectivity index (χ4v) is 3.57. The molecular formula is C25H21NO5. The summed E-state index contributed by atoms with van der Waals surface area (Å²) in [5.41, 5.74) is 2.74. The first-order chi connectivity index (χ1) is 15.0. The number of carboxylic acids is 1. The average Bonchev–Trinajstić information content (AvgIpc) is 3.15. The van der Waals surface area contributed by atoms with Gasteiger partial charge in [-0.25, -0.2) is 4.79 Å². The van der Waals surface area contributed by atoms with Crippen LogP contribution in [-0.4, -0.2) is 28.8 Å². The molecule has 1 atom stereocenters. The number of rotatable bonds is 8. The summed E-state index contributed by atoms with van der Waals surface area (Å²) in [6, 6.07) is 20.7. The maximum atomic E-state index is 12.8. The zero-order valence-electron chi connectivity index (χ0n) is 16.7. The maximum absolute atomic E-state index is 12.8. The number of carbonyl (C=O) groups excluding carboxylic acids is 2. The highest BCUT2D eigenvalue weighted by Crippen LogP contribution is 2.29. The van der Waals surface area contributed by atoms with Crippen LogP contribution in [0.15, 0.2) is 77.2 Å². The van der Waals surface area contributed by atoms with E-state index in [9.17, 15) is 19.5 Å². The molecule has 156 valence electrons. The van der Waals surface area contributed by atoms with E-state index >= 15 is 0 Å². The lowest BCUT2D eigenvalue weighted by atomic mass is 10.0. The minimum absolute atomic E-state index is 0.148. The fourth-order valence-electron chi connectivity index (χ4n) is 3.57. The van der Waals surface area contributed by atoms with Gasteiger partial charge in [0.25, 0.3) is 0 Å². The van der Waals surface area contributed by atoms with Gasteiger partial charge in [-0.15, -0.1) is 0 Å². The zero-order valence-corrected chi connectivity index (χ0v) is 16.7. The molecule has 3 aromatic carbocycles. The second-order valence-corrected chi connectivity index (χ2v) is 7.38. The van der Waals surface area contributed by atoms with Crippen LogP contribution in [0.1, 0.15) is 28.8 Å². The maximum Gasteiger partial charge on any atom is 0.326 e. The molecule has 0 fully saturated rings. The van der Waals surface area contributed by atoms with Crippen LogP contribution in [0, 0.1) is 0 Å². The van der Waals surface area contributed by atoms with Gasteiger partial charge >= 0.3 is 5.97 Å². The number of amides is 1. The molecule has 6 heteroatoms. The van der Waals surface area contributed by atoms with Crippen LogP contribution in [0.25, 0.3) is 21.9 Å². The quantitative estimate of drug-likeness (QED) is 0.417. The highest BCUT2D eigenvalue weighted by atomic mass is 16.4. The van der Waals surface area contributed by atoms with Gasteiger partial charge in [0, 0.05) is 29.2 Å². The van der Waals surface area contributed by atoms with Gasteiger partial charge < -0.3 is 14.8 Å². The Balaban J connectivity index is 1.45. The highest BCUT2D eigenvalue weighted by molar-refractivity contribution is 6.09. The number of fused-ring (bicyclic) bond motifs is 3. The van der Waals surface area contributed by atoms with Crippen LogP contribution in [0.2, 0.25) is 0 Å². The molecule has 0 aliphatic rings. The molecule has 1 heterocycles. The number of aryl methyl sites for hydroxylation is 1. The smallest absolute Gasteiger partial charge is 0.326 e. The lowest BCUT2D eigenvalue weighted by Gasteiger charge is -2.14. The Morgan fingerprint density at radius 1 is 0.871 bits per heavy atom. The Bertz CT molecular complexity index is 1260. The Hall–Kier alpha value is -3.93. The molecule has 0 aliphatic heterocycles. The summed E-state index contributed by atoms with van der Waals surface area (Å²) in [5.74, 6) is -2.00. The average molecular weight is 415 g/mol. The summed E-state index contributed by atoms with van der Waals surface area (Å²) >= 11 is 0. The lowest BCUT2D eigenvalue weighted by Crippen LogP contribution is -2.42. The SMILES string of the molecule is O=C(CCc1ccccc1)NC(CC(=O)c1ccc2oc3ccccc3c2c1)C(=O)O. The van der Waals surface area contributed by atoms with Crippen LogP contribution in [0.4, 0.5) is 0 Å². The Labute approximate surface area is 178 Å². The van der Waals surface area contributed by atoms with E-state index in [0.29, 0.717) is 17.6 Å². The molecule has 31 heavy (non-hydrogen) atoms. The summed E-state index contributed by atoms with van der Waals surface area (Å²) in [6.07, 6.45) is 0.319. The summed E-state index contributed by atoms with van der Waals surface area (Å²) in [6.45, 7) is 0. The van der Waals surface area contributed by atoms with Crippen molar-refractivity contribution in [3.8, 4) is 0 Å². The molecule has 6 nitrogen and oxygen atoms in total. The van der Waals surface area contributed by atoms with Crippen molar-refractivity contribution in [2.75, 3.05) is 0 Å². The van der Waals surface area contributed by atoms with E-state index in [1.165, 1.54) is 0 Å². The summed E-state index contributed by atoms with van der Waals surface area (Å²) in [7, 11) is 0. The summed E-state index contributed by atoms with van der Waals surface area (Å²) < 4.78 is 5.76. The van der Waals surface area contributed by atoms with Crippen molar-refractivity contribution in [1.82, 2.24) is 5.32 Å². The van der Waals surface area contributed by atoms with E-state index < -0.39 is 17.9 Å². The van der Waals surface area contributed by atoms with Crippen molar-refractivity contribution in [2.24, 2.45) is 0 Å². The number of benzene rings is 3. The van der Waals surface area contributed by atoms with Gasteiger partial charge in [-0.3, -0.25) is 9.59 Å². The van der Waals surface area contributed by atoms with Gasteiger partial charge in [0.15, 0.2) is 5.78 Å². The van der Waals surface area contributed by atoms with Crippen LogP contribution in [0.5, 0.6) is 0 Å². The minimum atomic E-state index is -1.28. The van der Waals surface area contributed by atoms with Gasteiger partial charge in [-0.1, -0.05) is 48.5 Å². The van der Waals surface area contributed by atoms with Crippen molar-refractivity contribution in [1.29, 1.82) is 0 Å². The molecule has 0 saturated carbocycles. The van der Waals surface area contributed by atoms with Gasteiger partial charge in [-0.05, 0) is 36.2 Å². The predicted octanol–water partition coefficient (Wildman–Crippen LogP) is 4.36. The first-order valence-corrected chi connectivity index (χ1v) is 10.0. The fraction of sp³-hybridized carbons (Fsp3) is 0.160. The molecule has 4 rings (SSSR count). The summed E-state index contributed by atoms with van der Waals surface area (Å²) in [5, 5.41) is 13.6. The van der Waals surface area contributed by atoms with E-state index in [4.69, 9.17) is 4.42 Å². The largest absolute Gasteiger partial charge is 0.480 e. The number of nitrogens with one attached hydrogen (secondary N) is 1. The van der Waals surface area contributed by atoms with Crippen LogP contribution in [0.3, 0.4) is 0 Å². The molecule has 0 spiro atoms. The Kier molecular flexibility index (Phi) is 5.80. The van der Waals surface area contributed by atoms with E-state index in [0.717, 1.165) is 21.9 Å². The van der Waals surface area contributed by atoms with Gasteiger partial charge in [0.2, 0.25) is 5.91 Å². The molecule has 1 unspecified atom stereocenters. The lowest BCUT2D eigenvalue weighted by molar-refractivity contribution is -0.141. The standard InChI is InChI=1S/C25H21NO5/c27-21(17-11-12-23-19(14-17)18-8-4-5-9-22(18)31-23)15-20(25(29)30)26-24(28)13-10-16-6-2-1-3-7-16/h1-9,11-12,14,20H,10,13,15H2,(H,26,28)(H,29,30). The van der Waals surface area contributed by atoms with Crippen molar-refractivity contribution in [2.45, 2.75) is 25.3 Å². The number of Topliss-reactive ketones (excluding diaryl/α,β-unsaturated/α-hetero) is 1. The molecule has 0 radical (unpaired) electrons. The summed E-state index contributed by atoms with van der Waals surface area (Å²) in [4.78, 5) is 36.7. The number of carbonyl (C=O) groups is 3. The van der Waals surface area contributed by atoms with Gasteiger partial charge in [0.05, 0.1) is 0 Å². The van der Waals surface area contributed by atoms with Crippen LogP contribution < -0.4 is 5.32 Å².